The summed E-state index contributed by atoms with van der Waals surface area (Å²) < 4.78 is 31.1. The van der Waals surface area contributed by atoms with Crippen LogP contribution in [0.2, 0.25) is 0 Å². The number of amides is 1. The molecule has 1 atom stereocenters. The molecule has 0 fully saturated rings. The second kappa shape index (κ2) is 9.39. The van der Waals surface area contributed by atoms with Crippen LogP contribution in [-0.2, 0) is 10.0 Å². The highest BCUT2D eigenvalue weighted by atomic mass is 32.2. The van der Waals surface area contributed by atoms with Gasteiger partial charge in [0.25, 0.3) is 5.91 Å². The van der Waals surface area contributed by atoms with Crippen molar-refractivity contribution < 1.29 is 22.8 Å². The molecule has 158 valence electrons. The van der Waals surface area contributed by atoms with E-state index in [0.29, 0.717) is 12.1 Å². The molecule has 0 saturated heterocycles. The van der Waals surface area contributed by atoms with E-state index in [2.05, 4.69) is 5.32 Å². The number of hydrogen-bond donors (Lipinski definition) is 2. The molecule has 0 bridgehead atoms. The van der Waals surface area contributed by atoms with Crippen LogP contribution in [-0.4, -0.2) is 60.5 Å². The number of carbonyl (C=O) groups excluding carboxylic acids is 1. The molecule has 0 aliphatic carbocycles. The van der Waals surface area contributed by atoms with Crippen LogP contribution in [0.4, 0.5) is 0 Å². The summed E-state index contributed by atoms with van der Waals surface area (Å²) in [6, 6.07) is 12.4. The van der Waals surface area contributed by atoms with Crippen LogP contribution in [0.3, 0.4) is 0 Å². The van der Waals surface area contributed by atoms with Gasteiger partial charge in [0.1, 0.15) is 11.8 Å². The molecule has 0 saturated carbocycles. The summed E-state index contributed by atoms with van der Waals surface area (Å²) in [6.07, 6.45) is 0. The summed E-state index contributed by atoms with van der Waals surface area (Å²) >= 11 is 0. The number of methoxy groups -OCH3 is 1. The topological polar surface area (TPSA) is 80.1 Å². The number of carbonyl (C=O) groups is 1. The van der Waals surface area contributed by atoms with E-state index in [9.17, 15) is 13.2 Å². The van der Waals surface area contributed by atoms with Gasteiger partial charge in [0.15, 0.2) is 0 Å². The molecule has 1 amide bonds. The number of quaternary nitrogens is 1. The fourth-order valence-electron chi connectivity index (χ4n) is 3.00. The fourth-order valence-corrected chi connectivity index (χ4v) is 3.93. The number of likely N-dealkylation sites (N-methyl/N-ethyl adjacent to an activating group) is 1. The van der Waals surface area contributed by atoms with Crippen molar-refractivity contribution in [3.8, 4) is 5.75 Å². The van der Waals surface area contributed by atoms with Gasteiger partial charge in [0.05, 0.1) is 32.6 Å². The van der Waals surface area contributed by atoms with Crippen molar-refractivity contribution in [2.24, 2.45) is 0 Å². The maximum atomic E-state index is 12.8. The van der Waals surface area contributed by atoms with E-state index in [1.54, 1.807) is 20.1 Å². The van der Waals surface area contributed by atoms with E-state index < -0.39 is 10.0 Å². The van der Waals surface area contributed by atoms with Gasteiger partial charge >= 0.3 is 0 Å². The molecule has 29 heavy (non-hydrogen) atoms. The second-order valence-corrected chi connectivity index (χ2v) is 9.53. The molecule has 0 spiro atoms. The third-order valence-corrected chi connectivity index (χ3v) is 6.73. The van der Waals surface area contributed by atoms with Crippen LogP contribution in [0.5, 0.6) is 5.75 Å². The zero-order valence-electron chi connectivity index (χ0n) is 17.8. The number of sulfonamides is 1. The standard InChI is InChI=1S/C21H29N3O4S/c1-15-7-12-18(29(26,27)24(4)5)13-19(15)21(25)22-14-20(23(2)3)16-8-10-17(28-6)11-9-16/h7-13,20H,14H2,1-6H3,(H,22,25)/p+1/t20-/m1/s1. The van der Waals surface area contributed by atoms with Crippen LogP contribution in [0.25, 0.3) is 0 Å². The molecule has 0 aliphatic heterocycles. The first kappa shape index (κ1) is 22.9. The Kier molecular flexibility index (Phi) is 7.40. The van der Waals surface area contributed by atoms with Gasteiger partial charge in [-0.3, -0.25) is 4.79 Å². The zero-order chi connectivity index (χ0) is 21.8. The van der Waals surface area contributed by atoms with Gasteiger partial charge in [-0.2, -0.15) is 0 Å². The minimum absolute atomic E-state index is 0.0406. The first-order valence-corrected chi connectivity index (χ1v) is 10.8. The molecule has 0 aromatic heterocycles. The van der Waals surface area contributed by atoms with Gasteiger partial charge in [-0.1, -0.05) is 6.07 Å². The van der Waals surface area contributed by atoms with Crippen LogP contribution in [0.15, 0.2) is 47.4 Å². The van der Waals surface area contributed by atoms with Gasteiger partial charge in [-0.25, -0.2) is 12.7 Å². The Morgan fingerprint density at radius 2 is 1.76 bits per heavy atom. The van der Waals surface area contributed by atoms with Gasteiger partial charge in [0.2, 0.25) is 10.0 Å². The van der Waals surface area contributed by atoms with Crippen LogP contribution in [0.1, 0.15) is 27.5 Å². The normalized spacial score (nSPS) is 12.8. The predicted molar refractivity (Wildman–Crippen MR) is 113 cm³/mol. The van der Waals surface area contributed by atoms with Crippen LogP contribution < -0.4 is 15.0 Å². The van der Waals surface area contributed by atoms with E-state index >= 15 is 0 Å². The first-order valence-electron chi connectivity index (χ1n) is 9.33. The summed E-state index contributed by atoms with van der Waals surface area (Å²) in [7, 11) is 5.00. The lowest BCUT2D eigenvalue weighted by Crippen LogP contribution is -3.07. The molecule has 2 N–H and O–H groups in total. The lowest BCUT2D eigenvalue weighted by molar-refractivity contribution is -0.890. The number of ether oxygens (including phenoxy) is 1. The molecule has 2 rings (SSSR count). The summed E-state index contributed by atoms with van der Waals surface area (Å²) in [5.41, 5.74) is 2.15. The van der Waals surface area contributed by atoms with Crippen molar-refractivity contribution >= 4 is 15.9 Å². The summed E-state index contributed by atoms with van der Waals surface area (Å²) in [5, 5.41) is 2.96. The van der Waals surface area contributed by atoms with Gasteiger partial charge in [0, 0.05) is 25.2 Å². The lowest BCUT2D eigenvalue weighted by atomic mass is 10.0. The highest BCUT2D eigenvalue weighted by Gasteiger charge is 2.22. The summed E-state index contributed by atoms with van der Waals surface area (Å²) in [5.74, 6) is 0.484. The quantitative estimate of drug-likeness (QED) is 0.664. The van der Waals surface area contributed by atoms with Gasteiger partial charge < -0.3 is 15.0 Å². The molecular formula is C21H30N3O4S+. The van der Waals surface area contributed by atoms with E-state index in [1.807, 2.05) is 38.4 Å². The number of benzene rings is 2. The Balaban J connectivity index is 2.22. The minimum atomic E-state index is -3.61. The highest BCUT2D eigenvalue weighted by molar-refractivity contribution is 7.89. The second-order valence-electron chi connectivity index (χ2n) is 7.38. The number of nitrogens with zero attached hydrogens (tertiary/aromatic N) is 1. The molecule has 2 aromatic carbocycles. The highest BCUT2D eigenvalue weighted by Crippen LogP contribution is 2.19. The van der Waals surface area contributed by atoms with Crippen molar-refractivity contribution in [2.75, 3.05) is 41.8 Å². The number of rotatable bonds is 8. The Labute approximate surface area is 173 Å². The van der Waals surface area contributed by atoms with Crippen molar-refractivity contribution in [3.63, 3.8) is 0 Å². The Morgan fingerprint density at radius 3 is 2.28 bits per heavy atom. The van der Waals surface area contributed by atoms with Gasteiger partial charge in [-0.05, 0) is 48.9 Å². The summed E-state index contributed by atoms with van der Waals surface area (Å²) in [4.78, 5) is 14.1. The van der Waals surface area contributed by atoms with E-state index in [0.717, 1.165) is 26.1 Å². The Hall–Kier alpha value is -2.42. The molecule has 0 radical (unpaired) electrons. The average Bonchev–Trinajstić information content (AvgIpc) is 2.68. The SMILES string of the molecule is COc1ccc([C@@H](CNC(=O)c2cc(S(=O)(=O)N(C)C)ccc2C)[NH+](C)C)cc1. The summed E-state index contributed by atoms with van der Waals surface area (Å²) in [6.45, 7) is 2.21. The predicted octanol–water partition coefficient (Wildman–Crippen LogP) is 0.870. The van der Waals surface area contributed by atoms with Crippen LogP contribution >= 0.6 is 0 Å². The monoisotopic (exact) mass is 420 g/mol. The van der Waals surface area contributed by atoms with E-state index in [4.69, 9.17) is 4.74 Å². The van der Waals surface area contributed by atoms with Crippen LogP contribution in [0, 0.1) is 6.92 Å². The number of nitrogens with one attached hydrogen (secondary N) is 2. The number of aryl methyl sites for hydroxylation is 1. The smallest absolute Gasteiger partial charge is 0.251 e. The molecular weight excluding hydrogens is 390 g/mol. The largest absolute Gasteiger partial charge is 0.497 e. The van der Waals surface area contributed by atoms with E-state index in [1.165, 1.54) is 26.2 Å². The maximum Gasteiger partial charge on any atom is 0.251 e. The molecule has 7 nitrogen and oxygen atoms in total. The Bertz CT molecular complexity index is 954. The maximum absolute atomic E-state index is 12.8. The minimum Gasteiger partial charge on any atom is -0.497 e. The van der Waals surface area contributed by atoms with Crippen molar-refractivity contribution in [1.82, 2.24) is 9.62 Å². The van der Waals surface area contributed by atoms with Crippen molar-refractivity contribution in [1.29, 1.82) is 0 Å². The number of hydrogen-bond acceptors (Lipinski definition) is 4. The van der Waals surface area contributed by atoms with E-state index in [-0.39, 0.29) is 16.8 Å². The third-order valence-electron chi connectivity index (χ3n) is 4.91. The zero-order valence-corrected chi connectivity index (χ0v) is 18.6. The molecule has 8 heteroatoms. The fraction of sp³-hybridized carbons (Fsp3) is 0.381. The van der Waals surface area contributed by atoms with Gasteiger partial charge in [-0.15, -0.1) is 0 Å². The lowest BCUT2D eigenvalue weighted by Gasteiger charge is -2.22. The van der Waals surface area contributed by atoms with Crippen molar-refractivity contribution in [3.05, 3.63) is 59.2 Å². The molecule has 0 aliphatic rings. The van der Waals surface area contributed by atoms with Crippen molar-refractivity contribution in [2.45, 2.75) is 17.9 Å². The molecule has 2 aromatic rings. The third kappa shape index (κ3) is 5.35. The first-order chi connectivity index (χ1) is 13.6. The molecule has 0 unspecified atom stereocenters. The Morgan fingerprint density at radius 1 is 1.14 bits per heavy atom. The average molecular weight is 421 g/mol. The molecule has 0 heterocycles.